The zero-order valence-corrected chi connectivity index (χ0v) is 14.8. The number of aliphatic hydroxyl groups excluding tert-OH is 1. The number of hydrogen-bond acceptors (Lipinski definition) is 3. The monoisotopic (exact) mass is 323 g/mol. The van der Waals surface area contributed by atoms with Gasteiger partial charge in [0.1, 0.15) is 0 Å². The SMILES string of the molecule is CC(C)CC(CCO)CNC(=O)c1cc2c(s1)CCC(C)C2. The van der Waals surface area contributed by atoms with Crippen molar-refractivity contribution in [3.8, 4) is 0 Å². The van der Waals surface area contributed by atoms with Crippen LogP contribution in [0.25, 0.3) is 0 Å². The molecule has 0 spiro atoms. The molecule has 1 aliphatic carbocycles. The van der Waals surface area contributed by atoms with Gasteiger partial charge in [-0.25, -0.2) is 0 Å². The average molecular weight is 324 g/mol. The number of aliphatic hydroxyl groups is 1. The van der Waals surface area contributed by atoms with Crippen molar-refractivity contribution in [1.82, 2.24) is 5.32 Å². The van der Waals surface area contributed by atoms with Gasteiger partial charge in [-0.05, 0) is 61.5 Å². The highest BCUT2D eigenvalue weighted by molar-refractivity contribution is 7.14. The molecule has 1 aromatic heterocycles. The average Bonchev–Trinajstić information content (AvgIpc) is 2.87. The lowest BCUT2D eigenvalue weighted by atomic mass is 9.90. The van der Waals surface area contributed by atoms with E-state index in [0.717, 1.165) is 36.5 Å². The van der Waals surface area contributed by atoms with E-state index in [1.165, 1.54) is 16.9 Å². The first-order valence-electron chi connectivity index (χ1n) is 8.50. The summed E-state index contributed by atoms with van der Waals surface area (Å²) in [5, 5.41) is 12.2. The zero-order valence-electron chi connectivity index (χ0n) is 14.0. The minimum atomic E-state index is 0.0544. The summed E-state index contributed by atoms with van der Waals surface area (Å²) in [6, 6.07) is 2.09. The van der Waals surface area contributed by atoms with Crippen LogP contribution < -0.4 is 5.32 Å². The maximum atomic E-state index is 12.4. The highest BCUT2D eigenvalue weighted by Crippen LogP contribution is 2.32. The number of aryl methyl sites for hydroxylation is 1. The topological polar surface area (TPSA) is 49.3 Å². The normalized spacial score (nSPS) is 19.0. The van der Waals surface area contributed by atoms with Crippen LogP contribution in [0.4, 0.5) is 0 Å². The molecule has 2 N–H and O–H groups in total. The Balaban J connectivity index is 1.91. The molecule has 3 nitrogen and oxygen atoms in total. The van der Waals surface area contributed by atoms with E-state index >= 15 is 0 Å². The Bertz CT molecular complexity index is 495. The second-order valence-corrected chi connectivity index (χ2v) is 8.26. The number of hydrogen-bond donors (Lipinski definition) is 2. The quantitative estimate of drug-likeness (QED) is 0.805. The standard InChI is InChI=1S/C18H29NO2S/c1-12(2)8-14(6-7-20)11-19-18(21)17-10-15-9-13(3)4-5-16(15)22-17/h10,12-14,20H,4-9,11H2,1-3H3,(H,19,21). The van der Waals surface area contributed by atoms with Gasteiger partial charge in [0, 0.05) is 18.0 Å². The van der Waals surface area contributed by atoms with E-state index in [0.29, 0.717) is 18.4 Å². The van der Waals surface area contributed by atoms with E-state index in [1.807, 2.05) is 0 Å². The number of fused-ring (bicyclic) bond motifs is 1. The van der Waals surface area contributed by atoms with Crippen LogP contribution in [0.3, 0.4) is 0 Å². The van der Waals surface area contributed by atoms with Gasteiger partial charge in [-0.3, -0.25) is 4.79 Å². The van der Waals surface area contributed by atoms with E-state index in [9.17, 15) is 4.79 Å². The van der Waals surface area contributed by atoms with Crippen molar-refractivity contribution in [1.29, 1.82) is 0 Å². The molecule has 2 atom stereocenters. The Morgan fingerprint density at radius 1 is 1.50 bits per heavy atom. The van der Waals surface area contributed by atoms with Crippen LogP contribution in [0.2, 0.25) is 0 Å². The van der Waals surface area contributed by atoms with Crippen molar-refractivity contribution in [3.63, 3.8) is 0 Å². The molecule has 0 bridgehead atoms. The highest BCUT2D eigenvalue weighted by Gasteiger charge is 2.21. The third-order valence-electron chi connectivity index (χ3n) is 4.45. The summed E-state index contributed by atoms with van der Waals surface area (Å²) in [5.41, 5.74) is 1.38. The Morgan fingerprint density at radius 3 is 2.95 bits per heavy atom. The van der Waals surface area contributed by atoms with Gasteiger partial charge in [-0.15, -0.1) is 11.3 Å². The van der Waals surface area contributed by atoms with Crippen LogP contribution in [-0.4, -0.2) is 24.2 Å². The summed E-state index contributed by atoms with van der Waals surface area (Å²) in [6.45, 7) is 7.50. The molecule has 2 rings (SSSR count). The van der Waals surface area contributed by atoms with E-state index in [1.54, 1.807) is 11.3 Å². The Labute approximate surface area is 138 Å². The van der Waals surface area contributed by atoms with Crippen LogP contribution in [0.1, 0.15) is 60.1 Å². The number of thiophene rings is 1. The molecule has 1 heterocycles. The van der Waals surface area contributed by atoms with E-state index in [-0.39, 0.29) is 12.5 Å². The fourth-order valence-corrected chi connectivity index (χ4v) is 4.42. The number of rotatable bonds is 7. The van der Waals surface area contributed by atoms with Crippen molar-refractivity contribution in [3.05, 3.63) is 21.4 Å². The van der Waals surface area contributed by atoms with E-state index in [4.69, 9.17) is 5.11 Å². The molecule has 22 heavy (non-hydrogen) atoms. The molecule has 0 fully saturated rings. The fourth-order valence-electron chi connectivity index (χ4n) is 3.29. The molecule has 0 saturated carbocycles. The second kappa shape index (κ2) is 8.11. The molecule has 1 aliphatic rings. The number of carbonyl (C=O) groups is 1. The van der Waals surface area contributed by atoms with Gasteiger partial charge in [-0.1, -0.05) is 20.8 Å². The van der Waals surface area contributed by atoms with Crippen LogP contribution in [0.5, 0.6) is 0 Å². The minimum absolute atomic E-state index is 0.0544. The van der Waals surface area contributed by atoms with Crippen LogP contribution in [0.15, 0.2) is 6.07 Å². The lowest BCUT2D eigenvalue weighted by molar-refractivity contribution is 0.0945. The van der Waals surface area contributed by atoms with Crippen molar-refractivity contribution >= 4 is 17.2 Å². The fraction of sp³-hybridized carbons (Fsp3) is 0.722. The molecule has 0 aromatic carbocycles. The maximum absolute atomic E-state index is 12.4. The Morgan fingerprint density at radius 2 is 2.27 bits per heavy atom. The van der Waals surface area contributed by atoms with Gasteiger partial charge in [0.2, 0.25) is 0 Å². The summed E-state index contributed by atoms with van der Waals surface area (Å²) < 4.78 is 0. The van der Waals surface area contributed by atoms with E-state index < -0.39 is 0 Å². The largest absolute Gasteiger partial charge is 0.396 e. The van der Waals surface area contributed by atoms with Gasteiger partial charge < -0.3 is 10.4 Å². The van der Waals surface area contributed by atoms with Gasteiger partial charge in [0.05, 0.1) is 4.88 Å². The maximum Gasteiger partial charge on any atom is 0.261 e. The van der Waals surface area contributed by atoms with Crippen molar-refractivity contribution in [2.75, 3.05) is 13.2 Å². The third-order valence-corrected chi connectivity index (χ3v) is 5.68. The zero-order chi connectivity index (χ0) is 16.1. The van der Waals surface area contributed by atoms with E-state index in [2.05, 4.69) is 32.2 Å². The lowest BCUT2D eigenvalue weighted by Gasteiger charge is -2.18. The second-order valence-electron chi connectivity index (χ2n) is 7.12. The molecule has 0 aliphatic heterocycles. The first-order valence-corrected chi connectivity index (χ1v) is 9.31. The number of carbonyl (C=O) groups excluding carboxylic acids is 1. The van der Waals surface area contributed by atoms with Crippen molar-refractivity contribution in [2.24, 2.45) is 17.8 Å². The Hall–Kier alpha value is -0.870. The molecule has 4 heteroatoms. The third kappa shape index (κ3) is 4.82. The first-order chi connectivity index (χ1) is 10.5. The molecular weight excluding hydrogens is 294 g/mol. The van der Waals surface area contributed by atoms with Gasteiger partial charge in [0.25, 0.3) is 5.91 Å². The van der Waals surface area contributed by atoms with Crippen LogP contribution in [-0.2, 0) is 12.8 Å². The smallest absolute Gasteiger partial charge is 0.261 e. The molecule has 0 saturated heterocycles. The predicted octanol–water partition coefficient (Wildman–Crippen LogP) is 3.65. The first kappa shape index (κ1) is 17.5. The lowest BCUT2D eigenvalue weighted by Crippen LogP contribution is -2.30. The molecular formula is C18H29NO2S. The Kier molecular flexibility index (Phi) is 6.45. The van der Waals surface area contributed by atoms with Gasteiger partial charge in [0.15, 0.2) is 0 Å². The highest BCUT2D eigenvalue weighted by atomic mass is 32.1. The number of nitrogens with one attached hydrogen (secondary N) is 1. The van der Waals surface area contributed by atoms with Gasteiger partial charge in [-0.2, -0.15) is 0 Å². The minimum Gasteiger partial charge on any atom is -0.396 e. The summed E-state index contributed by atoms with van der Waals surface area (Å²) in [7, 11) is 0. The molecule has 2 unspecified atom stereocenters. The molecule has 1 aromatic rings. The molecule has 0 radical (unpaired) electrons. The molecule has 1 amide bonds. The number of amides is 1. The van der Waals surface area contributed by atoms with Crippen LogP contribution >= 0.6 is 11.3 Å². The molecule has 124 valence electrons. The summed E-state index contributed by atoms with van der Waals surface area (Å²) in [6.07, 6.45) is 5.27. The van der Waals surface area contributed by atoms with Crippen molar-refractivity contribution < 1.29 is 9.90 Å². The summed E-state index contributed by atoms with van der Waals surface area (Å²) in [5.74, 6) is 1.74. The van der Waals surface area contributed by atoms with Crippen LogP contribution in [0, 0.1) is 17.8 Å². The predicted molar refractivity (Wildman–Crippen MR) is 92.5 cm³/mol. The van der Waals surface area contributed by atoms with Crippen molar-refractivity contribution in [2.45, 2.75) is 52.9 Å². The van der Waals surface area contributed by atoms with Gasteiger partial charge >= 0.3 is 0 Å². The summed E-state index contributed by atoms with van der Waals surface area (Å²) in [4.78, 5) is 14.6. The summed E-state index contributed by atoms with van der Waals surface area (Å²) >= 11 is 1.66.